The van der Waals surface area contributed by atoms with Crippen molar-refractivity contribution in [1.29, 1.82) is 0 Å². The molecule has 78 heavy (non-hydrogen) atoms. The number of nitrogens with zero attached hydrogens (tertiary/aromatic N) is 4. The second-order valence-electron chi connectivity index (χ2n) is 19.2. The molecule has 12 aromatic carbocycles. The zero-order chi connectivity index (χ0) is 52.3. The summed E-state index contributed by atoms with van der Waals surface area (Å²) < 4.78 is 12.3. The van der Waals surface area contributed by atoms with E-state index < -0.39 is 7.12 Å². The lowest BCUT2D eigenvalue weighted by molar-refractivity contribution is 0.426. The van der Waals surface area contributed by atoms with Gasteiger partial charge in [0, 0.05) is 59.8 Å². The summed E-state index contributed by atoms with van der Waals surface area (Å²) >= 11 is 6.00. The third-order valence-corrected chi connectivity index (χ3v) is 14.8. The van der Waals surface area contributed by atoms with Gasteiger partial charge in [-0.3, -0.25) is 9.97 Å². The highest BCUT2D eigenvalue weighted by molar-refractivity contribution is 6.58. The van der Waals surface area contributed by atoms with Crippen molar-refractivity contribution >= 4 is 133 Å². The molecule has 10 heteroatoms. The Labute approximate surface area is 451 Å². The maximum atomic E-state index is 9.35. The van der Waals surface area contributed by atoms with E-state index >= 15 is 0 Å². The number of para-hydroxylation sites is 4. The van der Waals surface area contributed by atoms with E-state index in [0.29, 0.717) is 10.6 Å². The lowest BCUT2D eigenvalue weighted by atomic mass is 9.79. The number of aromatic nitrogens is 4. The van der Waals surface area contributed by atoms with Gasteiger partial charge in [-0.2, -0.15) is 0 Å². The molecule has 368 valence electrons. The van der Waals surface area contributed by atoms with E-state index in [4.69, 9.17) is 30.4 Å². The SMILES string of the molecule is Clc1cnc2c3ccccc3c3ccccc3c2n1.OB(O)c1cccc(-c2cccc3c2oc2ccccc23)c1.c1cc(-c2cnc3c4ccccc4c4ccccc4c3n2)cc(-c2cccc3c2oc2ccccc23)c1. The Balaban J connectivity index is 0.000000115. The molecule has 4 aromatic heterocycles. The molecule has 0 radical (unpaired) electrons. The van der Waals surface area contributed by atoms with Crippen LogP contribution in [0.25, 0.3) is 143 Å². The Morgan fingerprint density at radius 2 is 0.718 bits per heavy atom. The number of furan rings is 2. The van der Waals surface area contributed by atoms with Gasteiger partial charge >= 0.3 is 7.12 Å². The van der Waals surface area contributed by atoms with Crippen LogP contribution in [-0.4, -0.2) is 37.1 Å². The first-order valence-corrected chi connectivity index (χ1v) is 26.0. The highest BCUT2D eigenvalue weighted by Crippen LogP contribution is 2.40. The minimum Gasteiger partial charge on any atom is -0.455 e. The van der Waals surface area contributed by atoms with Crippen molar-refractivity contribution in [1.82, 2.24) is 19.9 Å². The number of benzene rings is 12. The molecule has 2 N–H and O–H groups in total. The van der Waals surface area contributed by atoms with Crippen molar-refractivity contribution in [2.24, 2.45) is 0 Å². The van der Waals surface area contributed by atoms with E-state index in [0.717, 1.165) is 121 Å². The van der Waals surface area contributed by atoms with Gasteiger partial charge in [0.1, 0.15) is 27.5 Å². The highest BCUT2D eigenvalue weighted by atomic mass is 35.5. The van der Waals surface area contributed by atoms with Crippen molar-refractivity contribution in [3.63, 3.8) is 0 Å². The average molecular weight is 1030 g/mol. The first-order valence-electron chi connectivity index (χ1n) is 25.6. The van der Waals surface area contributed by atoms with Crippen LogP contribution in [0.2, 0.25) is 5.15 Å². The zero-order valence-electron chi connectivity index (χ0n) is 41.5. The van der Waals surface area contributed by atoms with Gasteiger partial charge in [0.25, 0.3) is 0 Å². The van der Waals surface area contributed by atoms with Gasteiger partial charge in [-0.05, 0) is 56.3 Å². The molecule has 0 unspecified atom stereocenters. The predicted molar refractivity (Wildman–Crippen MR) is 321 cm³/mol. The van der Waals surface area contributed by atoms with E-state index in [2.05, 4.69) is 137 Å². The van der Waals surface area contributed by atoms with E-state index in [1.54, 1.807) is 18.3 Å². The van der Waals surface area contributed by atoms with Crippen LogP contribution in [0, 0.1) is 0 Å². The Bertz CT molecular complexity index is 4950. The summed E-state index contributed by atoms with van der Waals surface area (Å²) in [7, 11) is -1.48. The molecule has 4 heterocycles. The van der Waals surface area contributed by atoms with Crippen LogP contribution in [0.3, 0.4) is 0 Å². The summed E-state index contributed by atoms with van der Waals surface area (Å²) in [5, 5.41) is 32.8. The van der Waals surface area contributed by atoms with Crippen molar-refractivity contribution in [3.8, 4) is 33.5 Å². The molecule has 16 aromatic rings. The van der Waals surface area contributed by atoms with Gasteiger partial charge in [0.05, 0.1) is 40.2 Å². The van der Waals surface area contributed by atoms with E-state index in [-0.39, 0.29) is 0 Å². The molecule has 0 amide bonds. The number of rotatable bonds is 4. The summed E-state index contributed by atoms with van der Waals surface area (Å²) in [5.41, 5.74) is 13.4. The van der Waals surface area contributed by atoms with Crippen LogP contribution in [-0.2, 0) is 0 Å². The molecule has 0 atom stereocenters. The lowest BCUT2D eigenvalue weighted by Crippen LogP contribution is -2.29. The molecule has 0 saturated carbocycles. The first kappa shape index (κ1) is 46.7. The normalized spacial score (nSPS) is 11.5. The van der Waals surface area contributed by atoms with Crippen molar-refractivity contribution in [3.05, 3.63) is 248 Å². The fourth-order valence-electron chi connectivity index (χ4n) is 11.0. The molecule has 0 aliphatic carbocycles. The fraction of sp³-hybridized carbons (Fsp3) is 0. The minimum absolute atomic E-state index is 0.424. The van der Waals surface area contributed by atoms with E-state index in [1.807, 2.05) is 97.2 Å². The standard InChI is InChI=1S/C34H20N2O.C18H13BO3.C16H9ClN2/c1-3-14-27-24(11-1)25-12-2-4-15-28(25)33-32(27)35-20-30(36-33)22-10-7-9-21(19-22)23-16-8-17-29-26-13-5-6-18-31(26)37-34(23)29;20-19(21)13-6-3-5-12(11-13)14-8-4-9-16-15-7-1-2-10-17(15)22-18(14)16;17-14-9-18-15-12-7-3-1-5-10(12)11-6-2-4-8-13(11)16(15)19-14/h1-20H;1-11,20-21H;1-9H. The number of hydrogen-bond acceptors (Lipinski definition) is 8. The summed E-state index contributed by atoms with van der Waals surface area (Å²) in [5.74, 6) is 0. The van der Waals surface area contributed by atoms with Gasteiger partial charge in [-0.25, -0.2) is 9.97 Å². The van der Waals surface area contributed by atoms with Crippen molar-refractivity contribution < 1.29 is 18.9 Å². The monoisotopic (exact) mass is 1020 g/mol. The second kappa shape index (κ2) is 19.4. The zero-order valence-corrected chi connectivity index (χ0v) is 42.3. The fourth-order valence-corrected chi connectivity index (χ4v) is 11.2. The Morgan fingerprint density at radius 1 is 0.333 bits per heavy atom. The van der Waals surface area contributed by atoms with Gasteiger partial charge in [0.15, 0.2) is 0 Å². The van der Waals surface area contributed by atoms with Crippen molar-refractivity contribution in [2.75, 3.05) is 0 Å². The van der Waals surface area contributed by atoms with Crippen LogP contribution >= 0.6 is 11.6 Å². The minimum atomic E-state index is -1.48. The summed E-state index contributed by atoms with van der Waals surface area (Å²) in [6.45, 7) is 0. The van der Waals surface area contributed by atoms with Crippen LogP contribution in [0.5, 0.6) is 0 Å². The number of hydrogen-bond donors (Lipinski definition) is 2. The molecule has 0 aliphatic heterocycles. The molecule has 16 rings (SSSR count). The van der Waals surface area contributed by atoms with Crippen LogP contribution in [0.4, 0.5) is 0 Å². The van der Waals surface area contributed by atoms with E-state index in [1.165, 1.54) is 21.5 Å². The molecular weight excluding hydrogens is 983 g/mol. The van der Waals surface area contributed by atoms with Gasteiger partial charge in [-0.15, -0.1) is 0 Å². The number of halogens is 1. The largest absolute Gasteiger partial charge is 0.488 e. The Kier molecular flexibility index (Phi) is 11.6. The third kappa shape index (κ3) is 8.13. The number of fused-ring (bicyclic) bond motifs is 18. The van der Waals surface area contributed by atoms with E-state index in [9.17, 15) is 10.0 Å². The lowest BCUT2D eigenvalue weighted by Gasteiger charge is -2.11. The smallest absolute Gasteiger partial charge is 0.455 e. The van der Waals surface area contributed by atoms with Gasteiger partial charge < -0.3 is 18.9 Å². The topological polar surface area (TPSA) is 118 Å². The highest BCUT2D eigenvalue weighted by Gasteiger charge is 2.18. The quantitative estimate of drug-likeness (QED) is 0.132. The molecule has 0 aliphatic rings. The van der Waals surface area contributed by atoms with Crippen LogP contribution in [0.1, 0.15) is 0 Å². The average Bonchev–Trinajstić information content (AvgIpc) is 4.21. The summed E-state index contributed by atoms with van der Waals surface area (Å²) in [6, 6.07) is 77.6. The molecule has 0 fully saturated rings. The Hall–Kier alpha value is -9.77. The summed E-state index contributed by atoms with van der Waals surface area (Å²) in [6.07, 6.45) is 3.50. The van der Waals surface area contributed by atoms with Gasteiger partial charge in [0.2, 0.25) is 0 Å². The third-order valence-electron chi connectivity index (χ3n) is 14.6. The Morgan fingerprint density at radius 3 is 1.23 bits per heavy atom. The predicted octanol–water partition coefficient (Wildman–Crippen LogP) is 16.7. The maximum absolute atomic E-state index is 9.35. The van der Waals surface area contributed by atoms with Crippen LogP contribution < -0.4 is 5.46 Å². The molecule has 0 saturated heterocycles. The molecule has 0 spiro atoms. The molecule has 0 bridgehead atoms. The van der Waals surface area contributed by atoms with Crippen LogP contribution in [0.15, 0.2) is 252 Å². The maximum Gasteiger partial charge on any atom is 0.488 e. The summed E-state index contributed by atoms with van der Waals surface area (Å²) in [4.78, 5) is 19.0. The second-order valence-corrected chi connectivity index (χ2v) is 19.6. The molecular formula is C68H42BClN4O4. The molecule has 8 nitrogen and oxygen atoms in total. The van der Waals surface area contributed by atoms with Gasteiger partial charge in [-0.1, -0.05) is 224 Å². The first-order chi connectivity index (χ1) is 38.4. The van der Waals surface area contributed by atoms with Crippen molar-refractivity contribution in [2.45, 2.75) is 0 Å².